The number of hydrogen-bond donors (Lipinski definition) is 1. The van der Waals surface area contributed by atoms with Crippen molar-refractivity contribution in [3.8, 4) is 5.88 Å². The maximum absolute atomic E-state index is 5.69. The van der Waals surface area contributed by atoms with Gasteiger partial charge in [-0.25, -0.2) is 4.98 Å². The van der Waals surface area contributed by atoms with Crippen LogP contribution in [0.15, 0.2) is 6.07 Å². The highest BCUT2D eigenvalue weighted by molar-refractivity contribution is 5.37. The van der Waals surface area contributed by atoms with Crippen molar-refractivity contribution in [2.24, 2.45) is 5.92 Å². The summed E-state index contributed by atoms with van der Waals surface area (Å²) >= 11 is 0. The normalized spacial score (nSPS) is 18.9. The molecule has 100 valence electrons. The molecule has 1 aromatic rings. The van der Waals surface area contributed by atoms with Gasteiger partial charge in [-0.05, 0) is 6.42 Å². The summed E-state index contributed by atoms with van der Waals surface area (Å²) < 4.78 is 16.0. The molecule has 1 unspecified atom stereocenters. The van der Waals surface area contributed by atoms with E-state index >= 15 is 0 Å². The first-order chi connectivity index (χ1) is 8.81. The van der Waals surface area contributed by atoms with Gasteiger partial charge in [0.2, 0.25) is 5.88 Å². The summed E-state index contributed by atoms with van der Waals surface area (Å²) in [4.78, 5) is 8.56. The molecular formula is C12H19N3O3. The van der Waals surface area contributed by atoms with Gasteiger partial charge in [-0.3, -0.25) is 0 Å². The fourth-order valence-corrected chi connectivity index (χ4v) is 1.79. The SMILES string of the molecule is CNc1cc(OCC2CCOC2)nc(COC)n1. The fraction of sp³-hybridized carbons (Fsp3) is 0.667. The van der Waals surface area contributed by atoms with Crippen molar-refractivity contribution in [2.75, 3.05) is 39.3 Å². The van der Waals surface area contributed by atoms with Gasteiger partial charge in [-0.2, -0.15) is 4.98 Å². The zero-order valence-corrected chi connectivity index (χ0v) is 10.8. The van der Waals surface area contributed by atoms with Gasteiger partial charge in [0.25, 0.3) is 0 Å². The first kappa shape index (κ1) is 13.0. The fourth-order valence-electron chi connectivity index (χ4n) is 1.79. The second kappa shape index (κ2) is 6.51. The maximum Gasteiger partial charge on any atom is 0.218 e. The molecule has 1 saturated heterocycles. The van der Waals surface area contributed by atoms with E-state index in [9.17, 15) is 0 Å². The van der Waals surface area contributed by atoms with Gasteiger partial charge >= 0.3 is 0 Å². The third kappa shape index (κ3) is 3.54. The van der Waals surface area contributed by atoms with Gasteiger partial charge in [-0.1, -0.05) is 0 Å². The molecule has 0 radical (unpaired) electrons. The summed E-state index contributed by atoms with van der Waals surface area (Å²) in [5.74, 6) is 2.38. The second-order valence-corrected chi connectivity index (χ2v) is 4.23. The zero-order chi connectivity index (χ0) is 12.8. The van der Waals surface area contributed by atoms with Crippen molar-refractivity contribution in [1.82, 2.24) is 9.97 Å². The summed E-state index contributed by atoms with van der Waals surface area (Å²) in [6.07, 6.45) is 1.05. The number of nitrogens with one attached hydrogen (secondary N) is 1. The minimum atomic E-state index is 0.373. The van der Waals surface area contributed by atoms with Gasteiger partial charge in [0.15, 0.2) is 5.82 Å². The van der Waals surface area contributed by atoms with Crippen molar-refractivity contribution in [1.29, 1.82) is 0 Å². The smallest absolute Gasteiger partial charge is 0.218 e. The molecular weight excluding hydrogens is 234 g/mol. The third-order valence-electron chi connectivity index (χ3n) is 2.77. The topological polar surface area (TPSA) is 65.5 Å². The van der Waals surface area contributed by atoms with Crippen LogP contribution in [0.3, 0.4) is 0 Å². The average molecular weight is 253 g/mol. The van der Waals surface area contributed by atoms with Crippen LogP contribution in [0, 0.1) is 5.92 Å². The van der Waals surface area contributed by atoms with Crippen LogP contribution >= 0.6 is 0 Å². The Morgan fingerprint density at radius 2 is 2.39 bits per heavy atom. The Morgan fingerprint density at radius 1 is 1.50 bits per heavy atom. The van der Waals surface area contributed by atoms with Gasteiger partial charge in [0, 0.05) is 32.7 Å². The van der Waals surface area contributed by atoms with E-state index in [2.05, 4.69) is 15.3 Å². The lowest BCUT2D eigenvalue weighted by Gasteiger charge is -2.11. The largest absolute Gasteiger partial charge is 0.477 e. The highest BCUT2D eigenvalue weighted by Crippen LogP contribution is 2.17. The Labute approximate surface area is 107 Å². The second-order valence-electron chi connectivity index (χ2n) is 4.23. The van der Waals surface area contributed by atoms with Crippen LogP contribution in [0.25, 0.3) is 0 Å². The number of ether oxygens (including phenoxy) is 3. The molecule has 0 spiro atoms. The number of aromatic nitrogens is 2. The monoisotopic (exact) mass is 253 g/mol. The van der Waals surface area contributed by atoms with Gasteiger partial charge < -0.3 is 19.5 Å². The molecule has 6 heteroatoms. The Balaban J connectivity index is 1.98. The number of methoxy groups -OCH3 is 1. The van der Waals surface area contributed by atoms with E-state index in [0.29, 0.717) is 30.8 Å². The molecule has 0 aromatic carbocycles. The van der Waals surface area contributed by atoms with Crippen molar-refractivity contribution in [2.45, 2.75) is 13.0 Å². The summed E-state index contributed by atoms with van der Waals surface area (Å²) in [6, 6.07) is 1.79. The van der Waals surface area contributed by atoms with Crippen LogP contribution < -0.4 is 10.1 Å². The van der Waals surface area contributed by atoms with Crippen LogP contribution in [0.5, 0.6) is 5.88 Å². The van der Waals surface area contributed by atoms with E-state index in [-0.39, 0.29) is 0 Å². The first-order valence-electron chi connectivity index (χ1n) is 6.07. The minimum absolute atomic E-state index is 0.373. The molecule has 1 aliphatic rings. The molecule has 2 rings (SSSR count). The predicted molar refractivity (Wildman–Crippen MR) is 66.7 cm³/mol. The Hall–Kier alpha value is -1.40. The number of hydrogen-bond acceptors (Lipinski definition) is 6. The predicted octanol–water partition coefficient (Wildman–Crippen LogP) is 1.08. The summed E-state index contributed by atoms with van der Waals surface area (Å²) in [7, 11) is 3.43. The van der Waals surface area contributed by atoms with Gasteiger partial charge in [0.1, 0.15) is 12.4 Å². The summed E-state index contributed by atoms with van der Waals surface area (Å²) in [5.41, 5.74) is 0. The van der Waals surface area contributed by atoms with Gasteiger partial charge in [0.05, 0.1) is 13.2 Å². The molecule has 0 bridgehead atoms. The van der Waals surface area contributed by atoms with E-state index in [1.54, 1.807) is 13.2 Å². The number of nitrogens with zero attached hydrogens (tertiary/aromatic N) is 2. The lowest BCUT2D eigenvalue weighted by Crippen LogP contribution is -2.13. The summed E-state index contributed by atoms with van der Waals surface area (Å²) in [6.45, 7) is 2.61. The molecule has 0 saturated carbocycles. The van der Waals surface area contributed by atoms with Gasteiger partial charge in [-0.15, -0.1) is 0 Å². The van der Waals surface area contributed by atoms with Crippen molar-refractivity contribution < 1.29 is 14.2 Å². The lowest BCUT2D eigenvalue weighted by molar-refractivity contribution is 0.162. The number of rotatable bonds is 6. The number of anilines is 1. The molecule has 1 fully saturated rings. The van der Waals surface area contributed by atoms with Crippen LogP contribution in [0.4, 0.5) is 5.82 Å². The molecule has 0 aliphatic carbocycles. The Kier molecular flexibility index (Phi) is 4.72. The molecule has 1 aliphatic heterocycles. The van der Waals surface area contributed by atoms with E-state index in [1.807, 2.05) is 7.05 Å². The first-order valence-corrected chi connectivity index (χ1v) is 6.07. The van der Waals surface area contributed by atoms with E-state index in [4.69, 9.17) is 14.2 Å². The maximum atomic E-state index is 5.69. The van der Waals surface area contributed by atoms with Crippen LogP contribution in [-0.2, 0) is 16.1 Å². The van der Waals surface area contributed by atoms with E-state index < -0.39 is 0 Å². The third-order valence-corrected chi connectivity index (χ3v) is 2.77. The minimum Gasteiger partial charge on any atom is -0.477 e. The highest BCUT2D eigenvalue weighted by atomic mass is 16.5. The Bertz CT molecular complexity index is 381. The van der Waals surface area contributed by atoms with Crippen LogP contribution in [-0.4, -0.2) is 43.9 Å². The highest BCUT2D eigenvalue weighted by Gasteiger charge is 2.16. The molecule has 1 atom stereocenters. The van der Waals surface area contributed by atoms with Crippen LogP contribution in [0.2, 0.25) is 0 Å². The average Bonchev–Trinajstić information content (AvgIpc) is 2.89. The standard InChI is InChI=1S/C12H19N3O3/c1-13-10-5-12(15-11(14-10)8-16-2)18-7-9-3-4-17-6-9/h5,9H,3-4,6-8H2,1-2H3,(H,13,14,15). The lowest BCUT2D eigenvalue weighted by atomic mass is 10.1. The van der Waals surface area contributed by atoms with Crippen LogP contribution in [0.1, 0.15) is 12.2 Å². The molecule has 1 N–H and O–H groups in total. The molecule has 2 heterocycles. The van der Waals surface area contributed by atoms with E-state index in [1.165, 1.54) is 0 Å². The molecule has 0 amide bonds. The van der Waals surface area contributed by atoms with E-state index in [0.717, 1.165) is 25.5 Å². The molecule has 6 nitrogen and oxygen atoms in total. The zero-order valence-electron chi connectivity index (χ0n) is 10.8. The van der Waals surface area contributed by atoms with Crippen molar-refractivity contribution in [3.63, 3.8) is 0 Å². The van der Waals surface area contributed by atoms with Crippen molar-refractivity contribution >= 4 is 5.82 Å². The molecule has 18 heavy (non-hydrogen) atoms. The quantitative estimate of drug-likeness (QED) is 0.818. The van der Waals surface area contributed by atoms with Crippen molar-refractivity contribution in [3.05, 3.63) is 11.9 Å². The summed E-state index contributed by atoms with van der Waals surface area (Å²) in [5, 5.41) is 2.98. The Morgan fingerprint density at radius 3 is 3.06 bits per heavy atom. The molecule has 1 aromatic heterocycles.